The molecule has 0 atom stereocenters. The second-order valence-corrected chi connectivity index (χ2v) is 10.9. The first-order chi connectivity index (χ1) is 15.6. The summed E-state index contributed by atoms with van der Waals surface area (Å²) in [6.45, 7) is 0. The summed E-state index contributed by atoms with van der Waals surface area (Å²) >= 11 is 0. The summed E-state index contributed by atoms with van der Waals surface area (Å²) in [6, 6.07) is 33.3. The SMILES string of the molecule is O=Cc1cc(C[P+](c2ccccc2)(c2ccccc2)c2ccccc2)cc([N+](=O)[O-])c1O. The summed E-state index contributed by atoms with van der Waals surface area (Å²) in [5, 5.41) is 25.1. The zero-order valence-electron chi connectivity index (χ0n) is 17.2. The predicted molar refractivity (Wildman–Crippen MR) is 129 cm³/mol. The molecule has 4 aromatic carbocycles. The molecule has 158 valence electrons. The zero-order valence-corrected chi connectivity index (χ0v) is 18.1. The molecular formula is C26H21NO4P+. The number of benzene rings is 4. The zero-order chi connectivity index (χ0) is 22.6. The Labute approximate surface area is 186 Å². The molecule has 0 aliphatic carbocycles. The molecule has 1 N–H and O–H groups in total. The first kappa shape index (κ1) is 21.4. The molecule has 0 amide bonds. The van der Waals surface area contributed by atoms with Crippen LogP contribution in [0.25, 0.3) is 0 Å². The van der Waals surface area contributed by atoms with Gasteiger partial charge in [0.1, 0.15) is 23.2 Å². The summed E-state index contributed by atoms with van der Waals surface area (Å²) < 4.78 is 0. The number of phenolic OH excluding ortho intramolecular Hbond substituents is 1. The number of phenols is 1. The van der Waals surface area contributed by atoms with E-state index in [-0.39, 0.29) is 5.56 Å². The highest BCUT2D eigenvalue weighted by molar-refractivity contribution is 7.95. The van der Waals surface area contributed by atoms with Crippen LogP contribution in [0, 0.1) is 10.1 Å². The normalized spacial score (nSPS) is 11.1. The van der Waals surface area contributed by atoms with Gasteiger partial charge in [0.05, 0.1) is 16.6 Å². The molecular weight excluding hydrogens is 421 g/mol. The van der Waals surface area contributed by atoms with Crippen LogP contribution in [-0.2, 0) is 6.16 Å². The van der Waals surface area contributed by atoms with Crippen LogP contribution < -0.4 is 15.9 Å². The monoisotopic (exact) mass is 442 g/mol. The summed E-state index contributed by atoms with van der Waals surface area (Å²) in [6.07, 6.45) is 0.923. The number of nitro benzene ring substituents is 1. The first-order valence-electron chi connectivity index (χ1n) is 10.1. The van der Waals surface area contributed by atoms with Gasteiger partial charge in [-0.2, -0.15) is 0 Å². The van der Waals surface area contributed by atoms with Gasteiger partial charge in [-0.25, -0.2) is 0 Å². The van der Waals surface area contributed by atoms with Gasteiger partial charge in [-0.3, -0.25) is 14.9 Å². The fourth-order valence-electron chi connectivity index (χ4n) is 4.06. The Morgan fingerprint density at radius 2 is 1.22 bits per heavy atom. The summed E-state index contributed by atoms with van der Waals surface area (Å²) in [7, 11) is -2.29. The summed E-state index contributed by atoms with van der Waals surface area (Å²) in [5.41, 5.74) is 0.0832. The highest BCUT2D eigenvalue weighted by atomic mass is 31.2. The molecule has 0 aliphatic heterocycles. The first-order valence-corrected chi connectivity index (χ1v) is 12.0. The number of carbonyl (C=O) groups is 1. The van der Waals surface area contributed by atoms with Crippen LogP contribution >= 0.6 is 7.26 Å². The van der Waals surface area contributed by atoms with Gasteiger partial charge in [-0.1, -0.05) is 54.6 Å². The van der Waals surface area contributed by atoms with E-state index < -0.39 is 23.6 Å². The van der Waals surface area contributed by atoms with Gasteiger partial charge >= 0.3 is 5.69 Å². The van der Waals surface area contributed by atoms with E-state index >= 15 is 0 Å². The van der Waals surface area contributed by atoms with Gasteiger partial charge in [0, 0.05) is 6.07 Å². The largest absolute Gasteiger partial charge is 0.502 e. The lowest BCUT2D eigenvalue weighted by Crippen LogP contribution is -2.32. The molecule has 0 spiro atoms. The minimum atomic E-state index is -2.29. The highest BCUT2D eigenvalue weighted by Crippen LogP contribution is 2.58. The van der Waals surface area contributed by atoms with E-state index in [1.54, 1.807) is 6.07 Å². The number of hydrogen-bond acceptors (Lipinski definition) is 4. The number of aldehydes is 1. The minimum Gasteiger partial charge on any atom is -0.502 e. The lowest BCUT2D eigenvalue weighted by atomic mass is 10.1. The summed E-state index contributed by atoms with van der Waals surface area (Å²) in [5.74, 6) is -0.600. The van der Waals surface area contributed by atoms with Crippen LogP contribution in [-0.4, -0.2) is 16.3 Å². The maximum atomic E-state index is 11.6. The lowest BCUT2D eigenvalue weighted by molar-refractivity contribution is -0.385. The van der Waals surface area contributed by atoms with Crippen LogP contribution in [0.1, 0.15) is 15.9 Å². The molecule has 6 heteroatoms. The van der Waals surface area contributed by atoms with Gasteiger partial charge in [0.2, 0.25) is 5.75 Å². The molecule has 0 fully saturated rings. The van der Waals surface area contributed by atoms with Crippen molar-refractivity contribution >= 4 is 35.1 Å². The molecule has 0 heterocycles. The molecule has 0 unspecified atom stereocenters. The van der Waals surface area contributed by atoms with Crippen molar-refractivity contribution in [3.05, 3.63) is 124 Å². The second-order valence-electron chi connectivity index (χ2n) is 7.40. The van der Waals surface area contributed by atoms with Crippen molar-refractivity contribution in [2.24, 2.45) is 0 Å². The van der Waals surface area contributed by atoms with Crippen LogP contribution in [0.2, 0.25) is 0 Å². The van der Waals surface area contributed by atoms with E-state index in [1.165, 1.54) is 6.07 Å². The van der Waals surface area contributed by atoms with Crippen LogP contribution in [0.15, 0.2) is 103 Å². The number of aromatic hydroxyl groups is 1. The predicted octanol–water partition coefficient (Wildman–Crippen LogP) is 4.61. The third-order valence-corrected chi connectivity index (χ3v) is 9.89. The average Bonchev–Trinajstić information content (AvgIpc) is 2.85. The molecule has 0 aliphatic rings. The highest BCUT2D eigenvalue weighted by Gasteiger charge is 2.45. The van der Waals surface area contributed by atoms with Crippen LogP contribution in [0.5, 0.6) is 5.75 Å². The van der Waals surface area contributed by atoms with Crippen molar-refractivity contribution in [3.63, 3.8) is 0 Å². The Hall–Kier alpha value is -3.82. The average molecular weight is 442 g/mol. The number of carbonyl (C=O) groups excluding carboxylic acids is 1. The lowest BCUT2D eigenvalue weighted by Gasteiger charge is -2.28. The fraction of sp³-hybridized carbons (Fsp3) is 0.0385. The van der Waals surface area contributed by atoms with Crippen molar-refractivity contribution < 1.29 is 14.8 Å². The van der Waals surface area contributed by atoms with E-state index in [0.29, 0.717) is 18.0 Å². The van der Waals surface area contributed by atoms with E-state index in [1.807, 2.05) is 54.6 Å². The standard InChI is InChI=1S/C26H20NO4P/c28-18-21-16-20(17-25(26(21)29)27(30)31)19-32(22-10-4-1-5-11-22,23-12-6-2-7-13-23)24-14-8-3-9-15-24/h1-18H,19H2/p+1. The van der Waals surface area contributed by atoms with Gasteiger partial charge in [0.15, 0.2) is 6.29 Å². The van der Waals surface area contributed by atoms with Crippen LogP contribution in [0.4, 0.5) is 5.69 Å². The second kappa shape index (κ2) is 9.13. The number of hydrogen-bond donors (Lipinski definition) is 1. The van der Waals surface area contributed by atoms with E-state index in [2.05, 4.69) is 36.4 Å². The Morgan fingerprint density at radius 1 is 0.781 bits per heavy atom. The Morgan fingerprint density at radius 3 is 1.59 bits per heavy atom. The van der Waals surface area contributed by atoms with Crippen molar-refractivity contribution in [2.45, 2.75) is 6.16 Å². The van der Waals surface area contributed by atoms with Crippen molar-refractivity contribution in [1.29, 1.82) is 0 Å². The van der Waals surface area contributed by atoms with Gasteiger partial charge < -0.3 is 5.11 Å². The van der Waals surface area contributed by atoms with Gasteiger partial charge in [0.25, 0.3) is 0 Å². The number of rotatable bonds is 7. The Kier molecular flexibility index (Phi) is 6.11. The van der Waals surface area contributed by atoms with Gasteiger partial charge in [-0.15, -0.1) is 0 Å². The van der Waals surface area contributed by atoms with Crippen LogP contribution in [0.3, 0.4) is 0 Å². The molecule has 0 radical (unpaired) electrons. The Balaban J connectivity index is 2.02. The fourth-order valence-corrected chi connectivity index (χ4v) is 8.28. The quantitative estimate of drug-likeness (QED) is 0.196. The topological polar surface area (TPSA) is 80.4 Å². The molecule has 0 saturated carbocycles. The number of nitrogens with zero attached hydrogens (tertiary/aromatic N) is 1. The van der Waals surface area contributed by atoms with Crippen molar-refractivity contribution in [2.75, 3.05) is 0 Å². The van der Waals surface area contributed by atoms with E-state index in [4.69, 9.17) is 0 Å². The molecule has 4 rings (SSSR count). The third kappa shape index (κ3) is 3.91. The molecule has 5 nitrogen and oxygen atoms in total. The minimum absolute atomic E-state index is 0.0820. The maximum absolute atomic E-state index is 11.6. The molecule has 32 heavy (non-hydrogen) atoms. The van der Waals surface area contributed by atoms with Gasteiger partial charge in [-0.05, 0) is 48.0 Å². The smallest absolute Gasteiger partial charge is 0.311 e. The molecule has 4 aromatic rings. The number of nitro groups is 1. The van der Waals surface area contributed by atoms with Crippen molar-refractivity contribution in [1.82, 2.24) is 0 Å². The van der Waals surface area contributed by atoms with E-state index in [0.717, 1.165) is 15.9 Å². The van der Waals surface area contributed by atoms with E-state index in [9.17, 15) is 20.0 Å². The molecule has 0 aromatic heterocycles. The molecule has 0 saturated heterocycles. The Bertz CT molecular complexity index is 1150. The third-order valence-electron chi connectivity index (χ3n) is 5.51. The summed E-state index contributed by atoms with van der Waals surface area (Å²) in [4.78, 5) is 22.5. The maximum Gasteiger partial charge on any atom is 0.311 e. The van der Waals surface area contributed by atoms with Crippen molar-refractivity contribution in [3.8, 4) is 5.75 Å². The molecule has 0 bridgehead atoms.